The number of halogens is 1. The van der Waals surface area contributed by atoms with Gasteiger partial charge in [0.15, 0.2) is 5.84 Å². The van der Waals surface area contributed by atoms with E-state index in [2.05, 4.69) is 10.5 Å². The van der Waals surface area contributed by atoms with Crippen LogP contribution in [0, 0.1) is 22.6 Å². The molecule has 0 saturated carbocycles. The molecule has 0 bridgehead atoms. The summed E-state index contributed by atoms with van der Waals surface area (Å²) in [5, 5.41) is 27.9. The monoisotopic (exact) mass is 249 g/mol. The van der Waals surface area contributed by atoms with Gasteiger partial charge in [-0.3, -0.25) is 10.8 Å². The molecular weight excluding hydrogens is 241 g/mol. The quantitative estimate of drug-likeness (QED) is 0.354. The number of nitrogens with zero attached hydrogens (tertiary/aromatic N) is 2. The minimum absolute atomic E-state index is 0.0158. The molecule has 18 heavy (non-hydrogen) atoms. The molecule has 0 amide bonds. The predicted molar refractivity (Wildman–Crippen MR) is 61.9 cm³/mol. The van der Waals surface area contributed by atoms with E-state index in [0.29, 0.717) is 0 Å². The second-order valence-corrected chi connectivity index (χ2v) is 3.09. The second kappa shape index (κ2) is 5.40. The molecule has 5 N–H and O–H groups in total. The maximum Gasteiger partial charge on any atom is 0.337 e. The van der Waals surface area contributed by atoms with Crippen LogP contribution in [0.4, 0.5) is 10.1 Å². The molecule has 0 unspecified atom stereocenters. The van der Waals surface area contributed by atoms with E-state index in [0.717, 1.165) is 18.2 Å². The number of aromatic carboxylic acids is 1. The van der Waals surface area contributed by atoms with Crippen molar-refractivity contribution < 1.29 is 14.3 Å². The first kappa shape index (κ1) is 13.1. The summed E-state index contributed by atoms with van der Waals surface area (Å²) in [7, 11) is 0. The Bertz CT molecular complexity index is 576. The van der Waals surface area contributed by atoms with E-state index in [1.165, 1.54) is 0 Å². The molecule has 0 radical (unpaired) electrons. The van der Waals surface area contributed by atoms with Crippen molar-refractivity contribution in [1.82, 2.24) is 0 Å². The summed E-state index contributed by atoms with van der Waals surface area (Å²) in [6, 6.07) is 4.54. The molecule has 0 aliphatic carbocycles. The van der Waals surface area contributed by atoms with Crippen LogP contribution in [-0.4, -0.2) is 22.6 Å². The standard InChI is InChI=1S/C10H8FN5O2/c11-5-1-2-7(6(3-5)10(17)18)15-16-8(4-12)9(13)14/h1-3,15H,(H3,13,14)(H,17,18)/b16-8+. The SMILES string of the molecule is N#C/C(=N\Nc1ccc(F)cc1C(=O)O)C(=N)N. The Hall–Kier alpha value is -2.95. The Morgan fingerprint density at radius 3 is 2.78 bits per heavy atom. The average molecular weight is 249 g/mol. The maximum atomic E-state index is 12.9. The molecule has 0 saturated heterocycles. The van der Waals surface area contributed by atoms with Crippen molar-refractivity contribution in [3.05, 3.63) is 29.6 Å². The Balaban J connectivity index is 3.09. The molecule has 1 rings (SSSR count). The van der Waals surface area contributed by atoms with Gasteiger partial charge in [0, 0.05) is 0 Å². The number of hydrazone groups is 1. The van der Waals surface area contributed by atoms with Gasteiger partial charge in [-0.05, 0) is 18.2 Å². The number of anilines is 1. The van der Waals surface area contributed by atoms with Crippen molar-refractivity contribution in [2.45, 2.75) is 0 Å². The van der Waals surface area contributed by atoms with Gasteiger partial charge in [-0.15, -0.1) is 0 Å². The van der Waals surface area contributed by atoms with Crippen molar-refractivity contribution >= 4 is 23.2 Å². The number of amidine groups is 1. The zero-order valence-electron chi connectivity index (χ0n) is 8.94. The van der Waals surface area contributed by atoms with Crippen LogP contribution < -0.4 is 11.2 Å². The first-order valence-electron chi connectivity index (χ1n) is 4.56. The van der Waals surface area contributed by atoms with Gasteiger partial charge in [0.25, 0.3) is 0 Å². The lowest BCUT2D eigenvalue weighted by Crippen LogP contribution is -2.22. The van der Waals surface area contributed by atoms with E-state index >= 15 is 0 Å². The molecule has 0 heterocycles. The summed E-state index contributed by atoms with van der Waals surface area (Å²) in [5.41, 5.74) is 6.53. The minimum Gasteiger partial charge on any atom is -0.478 e. The zero-order chi connectivity index (χ0) is 13.7. The summed E-state index contributed by atoms with van der Waals surface area (Å²) >= 11 is 0. The highest BCUT2D eigenvalue weighted by Gasteiger charge is 2.11. The normalized spacial score (nSPS) is 10.6. The van der Waals surface area contributed by atoms with Crippen LogP contribution in [0.5, 0.6) is 0 Å². The predicted octanol–water partition coefficient (Wildman–Crippen LogP) is 0.751. The van der Waals surface area contributed by atoms with Crippen molar-refractivity contribution in [3.8, 4) is 6.07 Å². The van der Waals surface area contributed by atoms with Crippen LogP contribution in [0.3, 0.4) is 0 Å². The third kappa shape index (κ3) is 3.02. The van der Waals surface area contributed by atoms with E-state index in [-0.39, 0.29) is 11.3 Å². The largest absolute Gasteiger partial charge is 0.478 e. The van der Waals surface area contributed by atoms with Crippen molar-refractivity contribution in [2.24, 2.45) is 10.8 Å². The second-order valence-electron chi connectivity index (χ2n) is 3.09. The lowest BCUT2D eigenvalue weighted by atomic mass is 10.2. The number of hydrogen-bond donors (Lipinski definition) is 4. The number of nitriles is 1. The van der Waals surface area contributed by atoms with E-state index in [1.807, 2.05) is 0 Å². The van der Waals surface area contributed by atoms with Gasteiger partial charge in [-0.25, -0.2) is 9.18 Å². The van der Waals surface area contributed by atoms with E-state index in [9.17, 15) is 9.18 Å². The molecule has 0 aromatic heterocycles. The average Bonchev–Trinajstić information content (AvgIpc) is 2.30. The highest BCUT2D eigenvalue weighted by atomic mass is 19.1. The highest BCUT2D eigenvalue weighted by molar-refractivity contribution is 6.45. The van der Waals surface area contributed by atoms with Crippen LogP contribution in [0.25, 0.3) is 0 Å². The number of carboxylic acid groups (broad SMARTS) is 1. The van der Waals surface area contributed by atoms with Gasteiger partial charge >= 0.3 is 5.97 Å². The summed E-state index contributed by atoms with van der Waals surface area (Å²) < 4.78 is 12.9. The molecule has 0 atom stereocenters. The third-order valence-corrected chi connectivity index (χ3v) is 1.86. The van der Waals surface area contributed by atoms with Crippen LogP contribution in [0.2, 0.25) is 0 Å². The Kier molecular flexibility index (Phi) is 3.93. The van der Waals surface area contributed by atoms with Gasteiger partial charge in [0.2, 0.25) is 5.71 Å². The molecule has 92 valence electrons. The van der Waals surface area contributed by atoms with Crippen LogP contribution in [-0.2, 0) is 0 Å². The van der Waals surface area contributed by atoms with Crippen LogP contribution in [0.15, 0.2) is 23.3 Å². The number of hydrogen-bond acceptors (Lipinski definition) is 5. The lowest BCUT2D eigenvalue weighted by molar-refractivity contribution is 0.0697. The summed E-state index contributed by atoms with van der Waals surface area (Å²) in [5.74, 6) is -2.63. The molecule has 0 aliphatic rings. The Labute approximate surface area is 101 Å². The van der Waals surface area contributed by atoms with Crippen molar-refractivity contribution in [1.29, 1.82) is 10.7 Å². The first-order valence-corrected chi connectivity index (χ1v) is 4.56. The van der Waals surface area contributed by atoms with Crippen LogP contribution in [0.1, 0.15) is 10.4 Å². The molecule has 1 aromatic carbocycles. The smallest absolute Gasteiger partial charge is 0.337 e. The third-order valence-electron chi connectivity index (χ3n) is 1.86. The number of carboxylic acids is 1. The van der Waals surface area contributed by atoms with Gasteiger partial charge in [-0.1, -0.05) is 0 Å². The van der Waals surface area contributed by atoms with E-state index in [4.69, 9.17) is 21.5 Å². The number of nitrogens with one attached hydrogen (secondary N) is 2. The maximum absolute atomic E-state index is 12.9. The molecule has 7 nitrogen and oxygen atoms in total. The Morgan fingerprint density at radius 2 is 2.28 bits per heavy atom. The first-order chi connectivity index (χ1) is 8.45. The molecule has 0 aliphatic heterocycles. The topological polar surface area (TPSA) is 135 Å². The summed E-state index contributed by atoms with van der Waals surface area (Å²) in [4.78, 5) is 10.8. The molecule has 0 spiro atoms. The van der Waals surface area contributed by atoms with Crippen LogP contribution >= 0.6 is 0 Å². The van der Waals surface area contributed by atoms with Gasteiger partial charge < -0.3 is 10.8 Å². The highest BCUT2D eigenvalue weighted by Crippen LogP contribution is 2.17. The van der Waals surface area contributed by atoms with Gasteiger partial charge in [0.1, 0.15) is 11.9 Å². The molecule has 8 heteroatoms. The fourth-order valence-corrected chi connectivity index (χ4v) is 1.05. The van der Waals surface area contributed by atoms with Gasteiger partial charge in [-0.2, -0.15) is 10.4 Å². The molecule has 0 fully saturated rings. The van der Waals surface area contributed by atoms with E-state index in [1.54, 1.807) is 6.07 Å². The molecular formula is C10H8FN5O2. The summed E-state index contributed by atoms with van der Waals surface area (Å²) in [6.07, 6.45) is 0. The van der Waals surface area contributed by atoms with Gasteiger partial charge in [0.05, 0.1) is 11.3 Å². The Morgan fingerprint density at radius 1 is 1.61 bits per heavy atom. The fraction of sp³-hybridized carbons (Fsp3) is 0. The van der Waals surface area contributed by atoms with Crippen molar-refractivity contribution in [3.63, 3.8) is 0 Å². The van der Waals surface area contributed by atoms with E-state index < -0.39 is 23.3 Å². The fourth-order valence-electron chi connectivity index (χ4n) is 1.05. The molecule has 1 aromatic rings. The number of rotatable bonds is 4. The zero-order valence-corrected chi connectivity index (χ0v) is 8.94. The minimum atomic E-state index is -1.35. The number of nitrogens with two attached hydrogens (primary N) is 1. The van der Waals surface area contributed by atoms with Crippen molar-refractivity contribution in [2.75, 3.05) is 5.43 Å². The number of carbonyl (C=O) groups is 1. The lowest BCUT2D eigenvalue weighted by Gasteiger charge is -2.05. The number of benzene rings is 1. The summed E-state index contributed by atoms with van der Waals surface area (Å²) in [6.45, 7) is 0.